The summed E-state index contributed by atoms with van der Waals surface area (Å²) in [5.74, 6) is -1.53. The minimum atomic E-state index is -4.80. The molecule has 1 aliphatic rings. The molecule has 1 heterocycles. The zero-order chi connectivity index (χ0) is 29.2. The van der Waals surface area contributed by atoms with Crippen molar-refractivity contribution < 1.29 is 40.2 Å². The lowest BCUT2D eigenvalue weighted by Gasteiger charge is -2.36. The first-order valence-corrected chi connectivity index (χ1v) is 13.6. The molecular weight excluding hydrogens is 552 g/mol. The van der Waals surface area contributed by atoms with E-state index >= 15 is 0 Å². The number of nitrogens with zero attached hydrogens (tertiary/aromatic N) is 1. The standard InChI is InChI=1S/C28H26F4N2O5S/c1-4-18-6-5-7-23(28(30,31)32)26(18)27(35)33-20-10-13-25-24(14-20)34(15-21(39-25)16-38-17(2)3)40(36,37)22-11-8-19(29)9-12-22/h4-14,17,21H,1,15-16H2,2-3H3,(H,33,35). The van der Waals surface area contributed by atoms with Crippen LogP contribution in [0, 0.1) is 5.82 Å². The monoisotopic (exact) mass is 578 g/mol. The number of sulfonamides is 1. The summed E-state index contributed by atoms with van der Waals surface area (Å²) in [7, 11) is -4.24. The number of rotatable bonds is 8. The van der Waals surface area contributed by atoms with Gasteiger partial charge in [0.15, 0.2) is 0 Å². The van der Waals surface area contributed by atoms with Crippen molar-refractivity contribution in [3.8, 4) is 5.75 Å². The lowest BCUT2D eigenvalue weighted by Crippen LogP contribution is -2.45. The second-order valence-electron chi connectivity index (χ2n) is 9.22. The van der Waals surface area contributed by atoms with Gasteiger partial charge in [0.25, 0.3) is 15.9 Å². The number of anilines is 2. The number of carbonyl (C=O) groups excluding carboxylic acids is 1. The molecule has 1 amide bonds. The number of fused-ring (bicyclic) bond motifs is 1. The second kappa shape index (κ2) is 11.3. The Hall–Kier alpha value is -3.90. The van der Waals surface area contributed by atoms with Gasteiger partial charge in [-0.3, -0.25) is 9.10 Å². The molecule has 0 spiro atoms. The lowest BCUT2D eigenvalue weighted by molar-refractivity contribution is -0.137. The van der Waals surface area contributed by atoms with Crippen LogP contribution >= 0.6 is 0 Å². The van der Waals surface area contributed by atoms with E-state index in [-0.39, 0.29) is 46.8 Å². The van der Waals surface area contributed by atoms with Crippen LogP contribution in [0.1, 0.15) is 35.3 Å². The van der Waals surface area contributed by atoms with Crippen molar-refractivity contribution >= 4 is 33.4 Å². The molecule has 7 nitrogen and oxygen atoms in total. The van der Waals surface area contributed by atoms with E-state index in [9.17, 15) is 30.8 Å². The van der Waals surface area contributed by atoms with Crippen molar-refractivity contribution in [1.82, 2.24) is 0 Å². The Morgan fingerprint density at radius 2 is 1.88 bits per heavy atom. The van der Waals surface area contributed by atoms with Crippen LogP contribution < -0.4 is 14.4 Å². The van der Waals surface area contributed by atoms with Crippen molar-refractivity contribution in [2.75, 3.05) is 22.8 Å². The van der Waals surface area contributed by atoms with Crippen LogP contribution in [-0.2, 0) is 20.9 Å². The third kappa shape index (κ3) is 6.13. The van der Waals surface area contributed by atoms with Gasteiger partial charge in [-0.2, -0.15) is 13.2 Å². The summed E-state index contributed by atoms with van der Waals surface area (Å²) in [6.45, 7) is 7.02. The number of nitrogens with one attached hydrogen (secondary N) is 1. The molecule has 0 bridgehead atoms. The summed E-state index contributed by atoms with van der Waals surface area (Å²) >= 11 is 0. The summed E-state index contributed by atoms with van der Waals surface area (Å²) in [5.41, 5.74) is -1.73. The van der Waals surface area contributed by atoms with Gasteiger partial charge in [-0.05, 0) is 67.9 Å². The van der Waals surface area contributed by atoms with Crippen LogP contribution in [0.15, 0.2) is 72.1 Å². The maximum atomic E-state index is 13.7. The van der Waals surface area contributed by atoms with Crippen LogP contribution in [-0.4, -0.2) is 39.7 Å². The highest BCUT2D eigenvalue weighted by atomic mass is 32.2. The predicted molar refractivity (Wildman–Crippen MR) is 142 cm³/mol. The lowest BCUT2D eigenvalue weighted by atomic mass is 9.99. The Labute approximate surface area is 229 Å². The number of halogens is 4. The van der Waals surface area contributed by atoms with Crippen LogP contribution in [0.2, 0.25) is 0 Å². The number of amides is 1. The fraction of sp³-hybridized carbons (Fsp3) is 0.250. The van der Waals surface area contributed by atoms with Gasteiger partial charge in [-0.15, -0.1) is 0 Å². The highest BCUT2D eigenvalue weighted by Crippen LogP contribution is 2.40. The maximum Gasteiger partial charge on any atom is 0.417 e. The SMILES string of the molecule is C=Cc1cccc(C(F)(F)F)c1C(=O)Nc1ccc2c(c1)N(S(=O)(=O)c1ccc(F)cc1)CC(COC(C)C)O2. The van der Waals surface area contributed by atoms with E-state index in [1.165, 1.54) is 30.3 Å². The molecule has 0 fully saturated rings. The molecule has 4 rings (SSSR count). The quantitative estimate of drug-likeness (QED) is 0.326. The van der Waals surface area contributed by atoms with Gasteiger partial charge in [0, 0.05) is 5.69 Å². The molecule has 212 valence electrons. The average Bonchev–Trinajstić information content (AvgIpc) is 2.90. The molecule has 3 aromatic rings. The first kappa shape index (κ1) is 29.1. The number of ether oxygens (including phenoxy) is 2. The van der Waals surface area contributed by atoms with Crippen LogP contribution in [0.4, 0.5) is 28.9 Å². The third-order valence-corrected chi connectivity index (χ3v) is 7.81. The molecule has 40 heavy (non-hydrogen) atoms. The highest BCUT2D eigenvalue weighted by Gasteiger charge is 2.37. The minimum absolute atomic E-state index is 0.0236. The van der Waals surface area contributed by atoms with E-state index < -0.39 is 45.2 Å². The molecule has 0 aliphatic carbocycles. The molecule has 12 heteroatoms. The van der Waals surface area contributed by atoms with Crippen LogP contribution in [0.3, 0.4) is 0 Å². The zero-order valence-corrected chi connectivity index (χ0v) is 22.4. The van der Waals surface area contributed by atoms with Gasteiger partial charge < -0.3 is 14.8 Å². The van der Waals surface area contributed by atoms with E-state index in [1.54, 1.807) is 0 Å². The number of carbonyl (C=O) groups is 1. The van der Waals surface area contributed by atoms with Crippen LogP contribution in [0.5, 0.6) is 5.75 Å². The summed E-state index contributed by atoms with van der Waals surface area (Å²) in [4.78, 5) is 12.9. The second-order valence-corrected chi connectivity index (χ2v) is 11.1. The normalized spacial score (nSPS) is 15.4. The van der Waals surface area contributed by atoms with E-state index in [4.69, 9.17) is 9.47 Å². The van der Waals surface area contributed by atoms with Crippen molar-refractivity contribution in [1.29, 1.82) is 0 Å². The zero-order valence-electron chi connectivity index (χ0n) is 21.5. The average molecular weight is 579 g/mol. The molecule has 0 radical (unpaired) electrons. The first-order chi connectivity index (χ1) is 18.8. The van der Waals surface area contributed by atoms with Crippen molar-refractivity contribution in [2.24, 2.45) is 0 Å². The maximum absolute atomic E-state index is 13.7. The third-order valence-electron chi connectivity index (χ3n) is 6.01. The highest BCUT2D eigenvalue weighted by molar-refractivity contribution is 7.92. The fourth-order valence-electron chi connectivity index (χ4n) is 4.16. The van der Waals surface area contributed by atoms with Crippen LogP contribution in [0.25, 0.3) is 6.08 Å². The van der Waals surface area contributed by atoms with E-state index in [2.05, 4.69) is 11.9 Å². The van der Waals surface area contributed by atoms with Crippen molar-refractivity contribution in [3.63, 3.8) is 0 Å². The number of hydrogen-bond acceptors (Lipinski definition) is 5. The molecular formula is C28H26F4N2O5S. The number of alkyl halides is 3. The van der Waals surface area contributed by atoms with Gasteiger partial charge >= 0.3 is 6.18 Å². The van der Waals surface area contributed by atoms with E-state index in [0.717, 1.165) is 40.7 Å². The van der Waals surface area contributed by atoms with Gasteiger partial charge in [0.2, 0.25) is 0 Å². The van der Waals surface area contributed by atoms with Crippen molar-refractivity contribution in [3.05, 3.63) is 89.8 Å². The predicted octanol–water partition coefficient (Wildman–Crippen LogP) is 6.12. The van der Waals surface area contributed by atoms with Gasteiger partial charge in [-0.25, -0.2) is 12.8 Å². The Morgan fingerprint density at radius 3 is 2.50 bits per heavy atom. The Balaban J connectivity index is 1.74. The Bertz CT molecular complexity index is 1520. The smallest absolute Gasteiger partial charge is 0.417 e. The molecule has 3 aromatic carbocycles. The summed E-state index contributed by atoms with van der Waals surface area (Å²) in [5, 5.41) is 2.43. The molecule has 0 aromatic heterocycles. The number of benzene rings is 3. The topological polar surface area (TPSA) is 84.9 Å². The minimum Gasteiger partial charge on any atom is -0.484 e. The molecule has 0 saturated carbocycles. The summed E-state index contributed by atoms with van der Waals surface area (Å²) in [6.07, 6.45) is -4.51. The summed E-state index contributed by atoms with van der Waals surface area (Å²) in [6, 6.07) is 11.6. The van der Waals surface area contributed by atoms with Gasteiger partial charge in [-0.1, -0.05) is 24.8 Å². The molecule has 0 saturated heterocycles. The molecule has 1 unspecified atom stereocenters. The largest absolute Gasteiger partial charge is 0.484 e. The molecule has 1 atom stereocenters. The first-order valence-electron chi connectivity index (χ1n) is 12.2. The van der Waals surface area contributed by atoms with E-state index in [0.29, 0.717) is 0 Å². The fourth-order valence-corrected chi connectivity index (χ4v) is 5.66. The van der Waals surface area contributed by atoms with Gasteiger partial charge in [0.1, 0.15) is 17.7 Å². The number of hydrogen-bond donors (Lipinski definition) is 1. The molecule has 1 aliphatic heterocycles. The van der Waals surface area contributed by atoms with E-state index in [1.807, 2.05) is 13.8 Å². The van der Waals surface area contributed by atoms with Gasteiger partial charge in [0.05, 0.1) is 41.0 Å². The van der Waals surface area contributed by atoms with Crippen molar-refractivity contribution in [2.45, 2.75) is 37.1 Å². The summed E-state index contributed by atoms with van der Waals surface area (Å²) < 4.78 is 94.4. The Kier molecular flexibility index (Phi) is 8.22. The Morgan fingerprint density at radius 1 is 1.18 bits per heavy atom. The molecule has 1 N–H and O–H groups in total.